The number of rotatable bonds is 4. The first-order valence-corrected chi connectivity index (χ1v) is 12.1. The fourth-order valence-corrected chi connectivity index (χ4v) is 6.43. The normalized spacial score (nSPS) is 18.8. The molecule has 154 valence electrons. The molecular weight excluding hydrogens is 513 g/mol. The second-order valence-corrected chi connectivity index (χ2v) is 10.3. The van der Waals surface area contributed by atoms with Crippen LogP contribution in [-0.2, 0) is 14.8 Å². The zero-order valence-electron chi connectivity index (χ0n) is 16.4. The molecule has 5 nitrogen and oxygen atoms in total. The first kappa shape index (κ1) is 20.9. The van der Waals surface area contributed by atoms with Gasteiger partial charge in [-0.1, -0.05) is 70.6 Å². The Balaban J connectivity index is 1.86. The number of hydrogen-bond donors (Lipinski definition) is 0. The number of benzene rings is 3. The van der Waals surface area contributed by atoms with Crippen LogP contribution in [-0.4, -0.2) is 25.4 Å². The molecule has 0 aromatic heterocycles. The van der Waals surface area contributed by atoms with Gasteiger partial charge in [0.05, 0.1) is 17.7 Å². The Morgan fingerprint density at radius 3 is 2.20 bits per heavy atom. The quantitative estimate of drug-likeness (QED) is 0.361. The maximum atomic E-state index is 13.4. The van der Waals surface area contributed by atoms with E-state index in [1.54, 1.807) is 31.4 Å². The minimum absolute atomic E-state index is 0.0998. The van der Waals surface area contributed by atoms with Gasteiger partial charge in [0.1, 0.15) is 9.67 Å². The number of fused-ring (bicyclic) bond motifs is 1. The van der Waals surface area contributed by atoms with Crippen molar-refractivity contribution in [1.82, 2.24) is 0 Å². The number of halogens is 1. The second-order valence-electron chi connectivity index (χ2n) is 7.13. The third kappa shape index (κ3) is 3.50. The van der Waals surface area contributed by atoms with Gasteiger partial charge in [-0.3, -0.25) is 4.79 Å². The number of alkyl halides is 1. The van der Waals surface area contributed by atoms with Crippen LogP contribution in [0.15, 0.2) is 77.7 Å². The van der Waals surface area contributed by atoms with E-state index >= 15 is 0 Å². The molecule has 3 aromatic rings. The molecule has 2 atom stereocenters. The minimum atomic E-state index is -4.03. The molecule has 1 aliphatic heterocycles. The summed E-state index contributed by atoms with van der Waals surface area (Å²) in [4.78, 5) is 13.5. The van der Waals surface area contributed by atoms with E-state index in [2.05, 4.69) is 22.6 Å². The standard InChI is InChI=1S/C23H20INO4S/c1-15-7-13-18(14-8-15)30(27,28)25-20-6-4-3-5-19(20)21(22(24)23(25)26)16-9-11-17(29-2)12-10-16/h3-14,21-22H,1-2H3/t21-,22+/m1/s1. The van der Waals surface area contributed by atoms with Crippen LogP contribution in [0.2, 0.25) is 0 Å². The Bertz CT molecular complexity index is 1190. The topological polar surface area (TPSA) is 63.7 Å². The van der Waals surface area contributed by atoms with Crippen LogP contribution in [0.1, 0.15) is 22.6 Å². The van der Waals surface area contributed by atoms with Crippen LogP contribution in [0.25, 0.3) is 0 Å². The van der Waals surface area contributed by atoms with Crippen molar-refractivity contribution >= 4 is 44.2 Å². The summed E-state index contributed by atoms with van der Waals surface area (Å²) in [6, 6.07) is 21.3. The zero-order valence-corrected chi connectivity index (χ0v) is 19.4. The maximum Gasteiger partial charge on any atom is 0.270 e. The molecule has 4 rings (SSSR count). The monoisotopic (exact) mass is 533 g/mol. The summed E-state index contributed by atoms with van der Waals surface area (Å²) in [6.07, 6.45) is 0. The van der Waals surface area contributed by atoms with Crippen molar-refractivity contribution in [2.24, 2.45) is 0 Å². The van der Waals surface area contributed by atoms with E-state index in [9.17, 15) is 13.2 Å². The number of carbonyl (C=O) groups is 1. The van der Waals surface area contributed by atoms with E-state index in [-0.39, 0.29) is 10.8 Å². The Kier molecular flexibility index (Phi) is 5.59. The van der Waals surface area contributed by atoms with E-state index in [4.69, 9.17) is 4.74 Å². The summed E-state index contributed by atoms with van der Waals surface area (Å²) < 4.78 is 32.5. The molecule has 0 radical (unpaired) electrons. The van der Waals surface area contributed by atoms with Crippen LogP contribution < -0.4 is 9.04 Å². The molecule has 7 heteroatoms. The van der Waals surface area contributed by atoms with Crippen LogP contribution in [0, 0.1) is 6.92 Å². The van der Waals surface area contributed by atoms with Gasteiger partial charge in [0.2, 0.25) is 0 Å². The molecule has 3 aromatic carbocycles. The molecule has 0 saturated heterocycles. The van der Waals surface area contributed by atoms with Gasteiger partial charge in [0.15, 0.2) is 0 Å². The lowest BCUT2D eigenvalue weighted by Crippen LogP contribution is -2.47. The lowest BCUT2D eigenvalue weighted by molar-refractivity contribution is -0.117. The number of sulfonamides is 1. The van der Waals surface area contributed by atoms with Crippen molar-refractivity contribution in [3.63, 3.8) is 0 Å². The molecular formula is C23H20INO4S. The van der Waals surface area contributed by atoms with Crippen LogP contribution >= 0.6 is 22.6 Å². The van der Waals surface area contributed by atoms with Gasteiger partial charge in [-0.25, -0.2) is 12.7 Å². The van der Waals surface area contributed by atoms with E-state index in [1.807, 2.05) is 43.3 Å². The number of amides is 1. The number of hydrogen-bond acceptors (Lipinski definition) is 4. The Morgan fingerprint density at radius 1 is 0.933 bits per heavy atom. The molecule has 0 unspecified atom stereocenters. The SMILES string of the molecule is COc1ccc([C@@H]2c3ccccc3N(S(=O)(=O)c3ccc(C)cc3)C(=O)[C@H]2I)cc1. The molecule has 30 heavy (non-hydrogen) atoms. The zero-order chi connectivity index (χ0) is 21.5. The molecule has 0 saturated carbocycles. The summed E-state index contributed by atoms with van der Waals surface area (Å²) in [5.41, 5.74) is 3.09. The van der Waals surface area contributed by atoms with Gasteiger partial charge in [0.25, 0.3) is 15.9 Å². The number of carbonyl (C=O) groups excluding carboxylic acids is 1. The molecule has 0 N–H and O–H groups in total. The van der Waals surface area contributed by atoms with Gasteiger partial charge < -0.3 is 4.74 Å². The molecule has 1 aliphatic rings. The largest absolute Gasteiger partial charge is 0.497 e. The predicted molar refractivity (Wildman–Crippen MR) is 125 cm³/mol. The minimum Gasteiger partial charge on any atom is -0.497 e. The third-order valence-electron chi connectivity index (χ3n) is 5.25. The summed E-state index contributed by atoms with van der Waals surface area (Å²) in [7, 11) is -2.43. The van der Waals surface area contributed by atoms with E-state index in [1.165, 1.54) is 12.1 Å². The van der Waals surface area contributed by atoms with Crippen molar-refractivity contribution in [2.45, 2.75) is 21.7 Å². The summed E-state index contributed by atoms with van der Waals surface area (Å²) in [5, 5.41) is 0. The molecule has 0 aliphatic carbocycles. The van der Waals surface area contributed by atoms with E-state index in [0.717, 1.165) is 26.7 Å². The van der Waals surface area contributed by atoms with Crippen molar-refractivity contribution in [3.8, 4) is 5.75 Å². The Labute approximate surface area is 189 Å². The predicted octanol–water partition coefficient (Wildman–Crippen LogP) is 4.67. The van der Waals surface area contributed by atoms with Crippen molar-refractivity contribution in [3.05, 3.63) is 89.5 Å². The number of anilines is 1. The number of ether oxygens (including phenoxy) is 1. The number of para-hydroxylation sites is 1. The Morgan fingerprint density at radius 2 is 1.57 bits per heavy atom. The average molecular weight is 533 g/mol. The van der Waals surface area contributed by atoms with Gasteiger partial charge in [0, 0.05) is 5.92 Å². The lowest BCUT2D eigenvalue weighted by Gasteiger charge is -2.36. The van der Waals surface area contributed by atoms with Crippen molar-refractivity contribution in [1.29, 1.82) is 0 Å². The van der Waals surface area contributed by atoms with Crippen LogP contribution in [0.4, 0.5) is 5.69 Å². The summed E-state index contributed by atoms with van der Waals surface area (Å²) in [5.74, 6) is 0.0168. The highest BCUT2D eigenvalue weighted by Crippen LogP contribution is 2.45. The van der Waals surface area contributed by atoms with Crippen LogP contribution in [0.3, 0.4) is 0 Å². The summed E-state index contributed by atoms with van der Waals surface area (Å²) >= 11 is 2.06. The highest BCUT2D eigenvalue weighted by atomic mass is 127. The maximum absolute atomic E-state index is 13.4. The molecule has 1 heterocycles. The fourth-order valence-electron chi connectivity index (χ4n) is 3.69. The molecule has 1 amide bonds. The second kappa shape index (κ2) is 8.03. The van der Waals surface area contributed by atoms with Crippen LogP contribution in [0.5, 0.6) is 5.75 Å². The number of nitrogens with zero attached hydrogens (tertiary/aromatic N) is 1. The summed E-state index contributed by atoms with van der Waals surface area (Å²) in [6.45, 7) is 1.89. The molecule has 0 bridgehead atoms. The number of aryl methyl sites for hydroxylation is 1. The first-order chi connectivity index (χ1) is 14.3. The fraction of sp³-hybridized carbons (Fsp3) is 0.174. The molecule has 0 fully saturated rings. The van der Waals surface area contributed by atoms with Crippen molar-refractivity contribution < 1.29 is 17.9 Å². The third-order valence-corrected chi connectivity index (χ3v) is 8.23. The number of methoxy groups -OCH3 is 1. The average Bonchev–Trinajstić information content (AvgIpc) is 2.75. The van der Waals surface area contributed by atoms with Crippen molar-refractivity contribution in [2.75, 3.05) is 11.4 Å². The highest BCUT2D eigenvalue weighted by Gasteiger charge is 2.45. The molecule has 0 spiro atoms. The van der Waals surface area contributed by atoms with E-state index in [0.29, 0.717) is 5.69 Å². The van der Waals surface area contributed by atoms with Gasteiger partial charge in [-0.05, 0) is 48.4 Å². The lowest BCUT2D eigenvalue weighted by atomic mass is 9.85. The van der Waals surface area contributed by atoms with Gasteiger partial charge in [-0.2, -0.15) is 0 Å². The Hall–Kier alpha value is -2.39. The van der Waals surface area contributed by atoms with Gasteiger partial charge in [-0.15, -0.1) is 0 Å². The first-order valence-electron chi connectivity index (χ1n) is 9.37. The smallest absolute Gasteiger partial charge is 0.270 e. The van der Waals surface area contributed by atoms with Gasteiger partial charge >= 0.3 is 0 Å². The highest BCUT2D eigenvalue weighted by molar-refractivity contribution is 14.1. The van der Waals surface area contributed by atoms with E-state index < -0.39 is 19.9 Å².